The lowest BCUT2D eigenvalue weighted by molar-refractivity contribution is 0.0950. The standard InChI is InChI=1S/C11H13N5O/c1-7-4-8(2-3-9(7)12)11(17)13-5-10-14-6-15-16-10/h2-4,6H,5,12H2,1H3,(H,13,17)(H,14,15,16). The second-order valence-electron chi connectivity index (χ2n) is 3.69. The van der Waals surface area contributed by atoms with E-state index in [0.717, 1.165) is 5.56 Å². The van der Waals surface area contributed by atoms with Gasteiger partial charge in [0.1, 0.15) is 12.2 Å². The zero-order valence-electron chi connectivity index (χ0n) is 9.40. The Hall–Kier alpha value is -2.37. The van der Waals surface area contributed by atoms with E-state index in [2.05, 4.69) is 20.5 Å². The van der Waals surface area contributed by atoms with Crippen LogP contribution >= 0.6 is 0 Å². The summed E-state index contributed by atoms with van der Waals surface area (Å²) >= 11 is 0. The molecule has 88 valence electrons. The average Bonchev–Trinajstić information content (AvgIpc) is 2.82. The number of rotatable bonds is 3. The number of carbonyl (C=O) groups excluding carboxylic acids is 1. The molecule has 2 rings (SSSR count). The number of H-pyrrole nitrogens is 1. The van der Waals surface area contributed by atoms with Crippen LogP contribution in [0.4, 0.5) is 5.69 Å². The van der Waals surface area contributed by atoms with Crippen molar-refractivity contribution in [2.75, 3.05) is 5.73 Å². The lowest BCUT2D eigenvalue weighted by Crippen LogP contribution is -2.23. The highest BCUT2D eigenvalue weighted by molar-refractivity contribution is 5.94. The molecule has 0 spiro atoms. The molecule has 0 aliphatic carbocycles. The molecule has 1 amide bonds. The molecule has 0 aliphatic heterocycles. The van der Waals surface area contributed by atoms with Gasteiger partial charge in [0.05, 0.1) is 6.54 Å². The Balaban J connectivity index is 2.02. The van der Waals surface area contributed by atoms with Crippen LogP contribution in [-0.4, -0.2) is 21.1 Å². The van der Waals surface area contributed by atoms with Gasteiger partial charge >= 0.3 is 0 Å². The van der Waals surface area contributed by atoms with Crippen molar-refractivity contribution in [3.05, 3.63) is 41.5 Å². The number of nitrogen functional groups attached to an aromatic ring is 1. The predicted octanol–water partition coefficient (Wildman–Crippen LogP) is 0.625. The van der Waals surface area contributed by atoms with E-state index in [1.54, 1.807) is 18.2 Å². The summed E-state index contributed by atoms with van der Waals surface area (Å²) in [6.45, 7) is 2.19. The average molecular weight is 231 g/mol. The molecule has 1 aromatic heterocycles. The van der Waals surface area contributed by atoms with Gasteiger partial charge < -0.3 is 11.1 Å². The van der Waals surface area contributed by atoms with Crippen LogP contribution in [0.3, 0.4) is 0 Å². The van der Waals surface area contributed by atoms with Crippen LogP contribution in [0, 0.1) is 6.92 Å². The zero-order valence-corrected chi connectivity index (χ0v) is 9.40. The van der Waals surface area contributed by atoms with Crippen molar-refractivity contribution in [3.63, 3.8) is 0 Å². The molecule has 0 aliphatic rings. The van der Waals surface area contributed by atoms with E-state index < -0.39 is 0 Å². The zero-order chi connectivity index (χ0) is 12.3. The molecule has 2 aromatic rings. The van der Waals surface area contributed by atoms with Gasteiger partial charge in [-0.2, -0.15) is 5.10 Å². The van der Waals surface area contributed by atoms with Gasteiger partial charge in [-0.25, -0.2) is 4.98 Å². The van der Waals surface area contributed by atoms with Crippen molar-refractivity contribution in [3.8, 4) is 0 Å². The fourth-order valence-electron chi connectivity index (χ4n) is 1.40. The molecule has 0 saturated carbocycles. The summed E-state index contributed by atoms with van der Waals surface area (Å²) in [6, 6.07) is 5.17. The minimum absolute atomic E-state index is 0.162. The summed E-state index contributed by atoms with van der Waals surface area (Å²) in [5.74, 6) is 0.454. The maximum absolute atomic E-state index is 11.8. The number of nitrogens with two attached hydrogens (primary N) is 1. The van der Waals surface area contributed by atoms with Crippen molar-refractivity contribution in [1.29, 1.82) is 0 Å². The molecule has 0 fully saturated rings. The maximum Gasteiger partial charge on any atom is 0.251 e. The van der Waals surface area contributed by atoms with E-state index in [1.165, 1.54) is 6.33 Å². The second-order valence-corrected chi connectivity index (χ2v) is 3.69. The number of aryl methyl sites for hydroxylation is 1. The van der Waals surface area contributed by atoms with E-state index in [4.69, 9.17) is 5.73 Å². The van der Waals surface area contributed by atoms with Crippen LogP contribution < -0.4 is 11.1 Å². The van der Waals surface area contributed by atoms with Crippen LogP contribution in [0.5, 0.6) is 0 Å². The monoisotopic (exact) mass is 231 g/mol. The lowest BCUT2D eigenvalue weighted by atomic mass is 10.1. The number of anilines is 1. The summed E-state index contributed by atoms with van der Waals surface area (Å²) in [4.78, 5) is 15.7. The van der Waals surface area contributed by atoms with E-state index >= 15 is 0 Å². The van der Waals surface area contributed by atoms with E-state index in [0.29, 0.717) is 23.6 Å². The molecule has 0 unspecified atom stereocenters. The smallest absolute Gasteiger partial charge is 0.251 e. The summed E-state index contributed by atoms with van der Waals surface area (Å²) in [5.41, 5.74) is 7.83. The van der Waals surface area contributed by atoms with Gasteiger partial charge in [-0.05, 0) is 30.7 Å². The molecule has 1 heterocycles. The van der Waals surface area contributed by atoms with Crippen LogP contribution in [0.1, 0.15) is 21.7 Å². The quantitative estimate of drug-likeness (QED) is 0.675. The molecule has 17 heavy (non-hydrogen) atoms. The number of hydrogen-bond donors (Lipinski definition) is 3. The third kappa shape index (κ3) is 2.60. The van der Waals surface area contributed by atoms with Crippen molar-refractivity contribution in [1.82, 2.24) is 20.5 Å². The van der Waals surface area contributed by atoms with Gasteiger partial charge in [0.2, 0.25) is 0 Å². The molecular weight excluding hydrogens is 218 g/mol. The van der Waals surface area contributed by atoms with Gasteiger partial charge in [0, 0.05) is 11.3 Å². The third-order valence-electron chi connectivity index (χ3n) is 2.41. The van der Waals surface area contributed by atoms with E-state index in [-0.39, 0.29) is 5.91 Å². The van der Waals surface area contributed by atoms with Gasteiger partial charge in [0.25, 0.3) is 5.91 Å². The normalized spacial score (nSPS) is 10.2. The first-order valence-electron chi connectivity index (χ1n) is 5.15. The highest BCUT2D eigenvalue weighted by Crippen LogP contribution is 2.12. The van der Waals surface area contributed by atoms with Gasteiger partial charge in [-0.15, -0.1) is 0 Å². The highest BCUT2D eigenvalue weighted by Gasteiger charge is 2.07. The van der Waals surface area contributed by atoms with Gasteiger partial charge in [0.15, 0.2) is 0 Å². The van der Waals surface area contributed by atoms with Crippen molar-refractivity contribution >= 4 is 11.6 Å². The van der Waals surface area contributed by atoms with Crippen molar-refractivity contribution < 1.29 is 4.79 Å². The summed E-state index contributed by atoms with van der Waals surface area (Å²) in [7, 11) is 0. The van der Waals surface area contributed by atoms with Crippen LogP contribution in [0.25, 0.3) is 0 Å². The largest absolute Gasteiger partial charge is 0.399 e. The number of nitrogens with one attached hydrogen (secondary N) is 2. The Labute approximate surface area is 98.3 Å². The first-order valence-corrected chi connectivity index (χ1v) is 5.15. The number of benzene rings is 1. The number of aromatic nitrogens is 3. The van der Waals surface area contributed by atoms with Crippen LogP contribution in [0.2, 0.25) is 0 Å². The number of carbonyl (C=O) groups is 1. The Kier molecular flexibility index (Phi) is 3.04. The topological polar surface area (TPSA) is 96.7 Å². The first-order chi connectivity index (χ1) is 8.16. The van der Waals surface area contributed by atoms with Gasteiger partial charge in [-0.3, -0.25) is 9.89 Å². The highest BCUT2D eigenvalue weighted by atomic mass is 16.1. The van der Waals surface area contributed by atoms with E-state index in [1.807, 2.05) is 6.92 Å². The second kappa shape index (κ2) is 4.65. The lowest BCUT2D eigenvalue weighted by Gasteiger charge is -2.05. The molecule has 0 atom stereocenters. The molecule has 4 N–H and O–H groups in total. The Morgan fingerprint density at radius 1 is 1.53 bits per heavy atom. The first kappa shape index (κ1) is 11.1. The number of hydrogen-bond acceptors (Lipinski definition) is 4. The predicted molar refractivity (Wildman–Crippen MR) is 63.1 cm³/mol. The number of amides is 1. The van der Waals surface area contributed by atoms with Gasteiger partial charge in [-0.1, -0.05) is 0 Å². The maximum atomic E-state index is 11.8. The molecule has 0 saturated heterocycles. The Morgan fingerprint density at radius 2 is 2.35 bits per heavy atom. The molecule has 0 bridgehead atoms. The minimum Gasteiger partial charge on any atom is -0.399 e. The van der Waals surface area contributed by atoms with Crippen LogP contribution in [-0.2, 0) is 6.54 Å². The molecule has 6 heteroatoms. The SMILES string of the molecule is Cc1cc(C(=O)NCc2ncn[nH]2)ccc1N. The van der Waals surface area contributed by atoms with Crippen molar-refractivity contribution in [2.45, 2.75) is 13.5 Å². The summed E-state index contributed by atoms with van der Waals surface area (Å²) in [6.07, 6.45) is 1.40. The molecular formula is C11H13N5O. The minimum atomic E-state index is -0.162. The van der Waals surface area contributed by atoms with Crippen LogP contribution in [0.15, 0.2) is 24.5 Å². The fraction of sp³-hybridized carbons (Fsp3) is 0.182. The van der Waals surface area contributed by atoms with Crippen molar-refractivity contribution in [2.24, 2.45) is 0 Å². The third-order valence-corrected chi connectivity index (χ3v) is 2.41. The summed E-state index contributed by atoms with van der Waals surface area (Å²) in [5, 5.41) is 9.10. The summed E-state index contributed by atoms with van der Waals surface area (Å²) < 4.78 is 0. The van der Waals surface area contributed by atoms with E-state index in [9.17, 15) is 4.79 Å². The Morgan fingerprint density at radius 3 is 3.00 bits per heavy atom. The number of nitrogens with zero attached hydrogens (tertiary/aromatic N) is 2. The molecule has 1 aromatic carbocycles. The Bertz CT molecular complexity index is 521. The fourth-order valence-corrected chi connectivity index (χ4v) is 1.40. The molecule has 6 nitrogen and oxygen atoms in total. The molecule has 0 radical (unpaired) electrons. The number of aromatic amines is 1.